The summed E-state index contributed by atoms with van der Waals surface area (Å²) in [6.07, 6.45) is -5.04. The van der Waals surface area contributed by atoms with Crippen LogP contribution in [-0.4, -0.2) is 21.3 Å². The van der Waals surface area contributed by atoms with E-state index in [1.54, 1.807) is 12.1 Å². The maximum absolute atomic E-state index is 14.0. The third-order valence-corrected chi connectivity index (χ3v) is 5.24. The third-order valence-electron chi connectivity index (χ3n) is 4.69. The quantitative estimate of drug-likeness (QED) is 0.369. The summed E-state index contributed by atoms with van der Waals surface area (Å²) in [5, 5.41) is 10.2. The Morgan fingerprint density at radius 1 is 0.900 bits per heavy atom. The van der Waals surface area contributed by atoms with Crippen molar-refractivity contribution >= 4 is 51.4 Å². The number of rotatable bonds is 3. The molecule has 0 bridgehead atoms. The summed E-state index contributed by atoms with van der Waals surface area (Å²) in [6.45, 7) is 0. The van der Waals surface area contributed by atoms with E-state index in [1.807, 2.05) is 0 Å². The van der Waals surface area contributed by atoms with Crippen LogP contribution in [-0.2, 0) is 6.18 Å². The monoisotopic (exact) mass is 451 g/mol. The average Bonchev–Trinajstić information content (AvgIpc) is 3.04. The Hall–Kier alpha value is -3.03. The van der Waals surface area contributed by atoms with E-state index in [1.165, 1.54) is 42.5 Å². The number of halogens is 5. The fourth-order valence-corrected chi connectivity index (χ4v) is 4.01. The van der Waals surface area contributed by atoms with Crippen LogP contribution in [0.1, 0.15) is 32.0 Å². The Morgan fingerprint density at radius 3 is 2.23 bits per heavy atom. The highest BCUT2D eigenvalue weighted by Crippen LogP contribution is 2.40. The second-order valence-electron chi connectivity index (χ2n) is 6.47. The number of aromatic carboxylic acids is 1. The van der Waals surface area contributed by atoms with Gasteiger partial charge in [-0.1, -0.05) is 47.5 Å². The Bertz CT molecular complexity index is 1360. The van der Waals surface area contributed by atoms with Crippen molar-refractivity contribution in [2.75, 3.05) is 0 Å². The minimum absolute atomic E-state index is 0.0995. The third kappa shape index (κ3) is 3.11. The Balaban J connectivity index is 2.19. The number of benzene rings is 2. The minimum atomic E-state index is -5.04. The summed E-state index contributed by atoms with van der Waals surface area (Å²) < 4.78 is 42.9. The summed E-state index contributed by atoms with van der Waals surface area (Å²) in [5.74, 6) is -2.82. The summed E-state index contributed by atoms with van der Waals surface area (Å²) in [5.41, 5.74) is -3.38. The number of para-hydroxylation sites is 1. The number of carbonyl (C=O) groups is 2. The van der Waals surface area contributed by atoms with Gasteiger partial charge in [0.1, 0.15) is 11.3 Å². The smallest absolute Gasteiger partial charge is 0.432 e. The molecule has 0 saturated heterocycles. The van der Waals surface area contributed by atoms with Crippen molar-refractivity contribution in [1.29, 1.82) is 0 Å². The number of fused-ring (bicyclic) bond motifs is 3. The first-order valence-corrected chi connectivity index (χ1v) is 9.23. The fraction of sp³-hybridized carbons (Fsp3) is 0.0476. The van der Waals surface area contributed by atoms with Crippen LogP contribution in [0.4, 0.5) is 13.2 Å². The van der Waals surface area contributed by atoms with Gasteiger partial charge >= 0.3 is 12.1 Å². The van der Waals surface area contributed by atoms with Crippen molar-refractivity contribution in [1.82, 2.24) is 4.40 Å². The van der Waals surface area contributed by atoms with Crippen molar-refractivity contribution in [3.05, 3.63) is 87.0 Å². The SMILES string of the molecule is O=C(O)c1c(C(=O)c2ccc(Cl)cc2Cl)c2ccc3ccccc3n2c1C(F)(F)F. The molecule has 4 rings (SSSR count). The highest BCUT2D eigenvalue weighted by Gasteiger charge is 2.43. The van der Waals surface area contributed by atoms with Crippen LogP contribution in [0.3, 0.4) is 0 Å². The number of aromatic nitrogens is 1. The number of alkyl halides is 3. The summed E-state index contributed by atoms with van der Waals surface area (Å²) in [7, 11) is 0. The second kappa shape index (κ2) is 7.04. The zero-order valence-corrected chi connectivity index (χ0v) is 16.3. The van der Waals surface area contributed by atoms with Gasteiger partial charge in [0, 0.05) is 10.6 Å². The molecule has 0 amide bonds. The van der Waals surface area contributed by atoms with Crippen molar-refractivity contribution in [3.63, 3.8) is 0 Å². The van der Waals surface area contributed by atoms with E-state index in [0.717, 1.165) is 4.40 Å². The molecule has 0 spiro atoms. The number of carbonyl (C=O) groups excluding carboxylic acids is 1. The van der Waals surface area contributed by atoms with E-state index >= 15 is 0 Å². The first-order chi connectivity index (χ1) is 14.1. The lowest BCUT2D eigenvalue weighted by atomic mass is 9.99. The van der Waals surface area contributed by atoms with Gasteiger partial charge in [0.15, 0.2) is 5.78 Å². The maximum Gasteiger partial charge on any atom is 0.432 e. The predicted molar refractivity (Wildman–Crippen MR) is 107 cm³/mol. The van der Waals surface area contributed by atoms with Gasteiger partial charge in [-0.2, -0.15) is 13.2 Å². The molecular weight excluding hydrogens is 442 g/mol. The molecule has 0 aliphatic heterocycles. The number of ketones is 1. The molecular formula is C21H10Cl2F3NO3. The summed E-state index contributed by atoms with van der Waals surface area (Å²) >= 11 is 11.9. The van der Waals surface area contributed by atoms with Gasteiger partial charge in [-0.25, -0.2) is 4.79 Å². The molecule has 0 atom stereocenters. The number of hydrogen-bond donors (Lipinski definition) is 1. The molecule has 4 aromatic rings. The number of pyridine rings is 1. The van der Waals surface area contributed by atoms with E-state index < -0.39 is 34.7 Å². The van der Waals surface area contributed by atoms with Crippen LogP contribution < -0.4 is 0 Å². The van der Waals surface area contributed by atoms with E-state index in [2.05, 4.69) is 0 Å². The highest BCUT2D eigenvalue weighted by molar-refractivity contribution is 6.38. The molecule has 30 heavy (non-hydrogen) atoms. The lowest BCUT2D eigenvalue weighted by molar-refractivity contribution is -0.142. The van der Waals surface area contributed by atoms with Crippen LogP contribution in [0.2, 0.25) is 10.0 Å². The van der Waals surface area contributed by atoms with Crippen LogP contribution >= 0.6 is 23.2 Å². The van der Waals surface area contributed by atoms with E-state index in [-0.39, 0.29) is 26.6 Å². The maximum atomic E-state index is 14.0. The Labute approximate surface area is 177 Å². The van der Waals surface area contributed by atoms with Gasteiger partial charge in [0.2, 0.25) is 0 Å². The summed E-state index contributed by atoms with van der Waals surface area (Å²) in [4.78, 5) is 25.2. The van der Waals surface area contributed by atoms with E-state index in [9.17, 15) is 27.9 Å². The molecule has 2 aromatic carbocycles. The normalized spacial score (nSPS) is 11.9. The topological polar surface area (TPSA) is 58.8 Å². The van der Waals surface area contributed by atoms with Crippen LogP contribution in [0.5, 0.6) is 0 Å². The molecule has 2 heterocycles. The zero-order valence-electron chi connectivity index (χ0n) is 14.8. The largest absolute Gasteiger partial charge is 0.478 e. The van der Waals surface area contributed by atoms with Crippen LogP contribution in [0, 0.1) is 0 Å². The molecule has 0 aliphatic carbocycles. The van der Waals surface area contributed by atoms with Crippen LogP contribution in [0.25, 0.3) is 16.4 Å². The molecule has 0 unspecified atom stereocenters. The van der Waals surface area contributed by atoms with Gasteiger partial charge in [0.25, 0.3) is 0 Å². The van der Waals surface area contributed by atoms with Gasteiger partial charge in [-0.3, -0.25) is 4.79 Å². The molecule has 0 aliphatic rings. The highest BCUT2D eigenvalue weighted by atomic mass is 35.5. The van der Waals surface area contributed by atoms with Gasteiger partial charge in [-0.15, -0.1) is 0 Å². The van der Waals surface area contributed by atoms with Gasteiger partial charge < -0.3 is 9.51 Å². The molecule has 1 N–H and O–H groups in total. The minimum Gasteiger partial charge on any atom is -0.478 e. The molecule has 4 nitrogen and oxygen atoms in total. The average molecular weight is 452 g/mol. The molecule has 0 radical (unpaired) electrons. The second-order valence-corrected chi connectivity index (χ2v) is 7.31. The molecule has 2 aromatic heterocycles. The molecule has 9 heteroatoms. The van der Waals surface area contributed by atoms with Crippen molar-refractivity contribution in [2.24, 2.45) is 0 Å². The zero-order chi connectivity index (χ0) is 21.8. The number of nitrogens with zero attached hydrogens (tertiary/aromatic N) is 1. The van der Waals surface area contributed by atoms with Crippen LogP contribution in [0.15, 0.2) is 54.6 Å². The molecule has 0 saturated carbocycles. The lowest BCUT2D eigenvalue weighted by Gasteiger charge is -2.11. The van der Waals surface area contributed by atoms with Crippen molar-refractivity contribution in [3.8, 4) is 0 Å². The predicted octanol–water partition coefficient (Wildman–Crippen LogP) is 6.35. The first kappa shape index (κ1) is 20.3. The van der Waals surface area contributed by atoms with Crippen molar-refractivity contribution < 1.29 is 27.9 Å². The fourth-order valence-electron chi connectivity index (χ4n) is 3.51. The van der Waals surface area contributed by atoms with E-state index in [0.29, 0.717) is 5.39 Å². The molecule has 152 valence electrons. The number of carboxylic acid groups (broad SMARTS) is 1. The standard InChI is InChI=1S/C21H10Cl2F3NO3/c22-11-6-7-12(13(23)9-11)18(28)16-15-8-5-10-3-1-2-4-14(10)27(15)19(21(24,25)26)17(16)20(29)30/h1-9H,(H,29,30). The Morgan fingerprint density at radius 2 is 1.60 bits per heavy atom. The number of hydrogen-bond acceptors (Lipinski definition) is 2. The van der Waals surface area contributed by atoms with Gasteiger partial charge in [-0.05, 0) is 35.7 Å². The number of carboxylic acids is 1. The van der Waals surface area contributed by atoms with E-state index in [4.69, 9.17) is 23.2 Å². The first-order valence-electron chi connectivity index (χ1n) is 8.47. The summed E-state index contributed by atoms with van der Waals surface area (Å²) in [6, 6.07) is 12.9. The molecule has 0 fully saturated rings. The van der Waals surface area contributed by atoms with Crippen molar-refractivity contribution in [2.45, 2.75) is 6.18 Å². The Kier molecular flexibility index (Phi) is 4.75. The lowest BCUT2D eigenvalue weighted by Crippen LogP contribution is -2.16. The van der Waals surface area contributed by atoms with Gasteiger partial charge in [0.05, 0.1) is 21.6 Å².